The Hall–Kier alpha value is -2.15. The number of carboxylic acid groups (broad SMARTS) is 1. The number of rotatable bonds is 6. The van der Waals surface area contributed by atoms with Crippen molar-refractivity contribution >= 4 is 5.97 Å². The molecular weight excluding hydrogens is 282 g/mol. The van der Waals surface area contributed by atoms with Gasteiger partial charge in [0, 0.05) is 49.1 Å². The van der Waals surface area contributed by atoms with Crippen LogP contribution in [0.2, 0.25) is 0 Å². The molecule has 118 valence electrons. The lowest BCUT2D eigenvalue weighted by atomic mass is 10.0. The van der Waals surface area contributed by atoms with Gasteiger partial charge in [-0.2, -0.15) is 10.2 Å². The van der Waals surface area contributed by atoms with Crippen LogP contribution in [0.5, 0.6) is 0 Å². The predicted octanol–water partition coefficient (Wildman–Crippen LogP) is 1.20. The molecule has 2 aromatic heterocycles. The molecule has 0 fully saturated rings. The van der Waals surface area contributed by atoms with Crippen molar-refractivity contribution in [2.75, 3.05) is 6.54 Å². The first-order valence-corrected chi connectivity index (χ1v) is 7.66. The molecule has 0 aliphatic carbocycles. The van der Waals surface area contributed by atoms with Gasteiger partial charge in [0.15, 0.2) is 0 Å². The lowest BCUT2D eigenvalue weighted by Gasteiger charge is -2.26. The van der Waals surface area contributed by atoms with Crippen LogP contribution in [0.3, 0.4) is 0 Å². The van der Waals surface area contributed by atoms with Crippen LogP contribution in [0.25, 0.3) is 0 Å². The molecule has 7 nitrogen and oxygen atoms in total. The number of aliphatic carboxylic acids is 1. The Kier molecular flexibility index (Phi) is 4.24. The Morgan fingerprint density at radius 1 is 1.50 bits per heavy atom. The average Bonchev–Trinajstić information content (AvgIpc) is 3.11. The second-order valence-corrected chi connectivity index (χ2v) is 5.70. The lowest BCUT2D eigenvalue weighted by molar-refractivity contribution is -0.137. The van der Waals surface area contributed by atoms with E-state index >= 15 is 0 Å². The zero-order chi connectivity index (χ0) is 15.5. The zero-order valence-electron chi connectivity index (χ0n) is 12.7. The number of hydrogen-bond donors (Lipinski definition) is 2. The van der Waals surface area contributed by atoms with E-state index in [1.807, 2.05) is 12.4 Å². The molecule has 22 heavy (non-hydrogen) atoms. The second-order valence-electron chi connectivity index (χ2n) is 5.70. The molecule has 0 radical (unpaired) electrons. The van der Waals surface area contributed by atoms with Crippen LogP contribution in [-0.4, -0.2) is 42.5 Å². The Morgan fingerprint density at radius 2 is 2.36 bits per heavy atom. The average molecular weight is 303 g/mol. The van der Waals surface area contributed by atoms with Crippen LogP contribution in [-0.2, 0) is 37.3 Å². The van der Waals surface area contributed by atoms with Crippen molar-refractivity contribution < 1.29 is 9.90 Å². The molecule has 0 unspecified atom stereocenters. The van der Waals surface area contributed by atoms with Gasteiger partial charge in [-0.25, -0.2) is 0 Å². The minimum atomic E-state index is -0.798. The summed E-state index contributed by atoms with van der Waals surface area (Å²) in [6.07, 6.45) is 5.81. The summed E-state index contributed by atoms with van der Waals surface area (Å²) < 4.78 is 1.70. The van der Waals surface area contributed by atoms with Crippen LogP contribution in [0.15, 0.2) is 12.4 Å². The van der Waals surface area contributed by atoms with Crippen LogP contribution in [0.4, 0.5) is 0 Å². The molecule has 1 aliphatic heterocycles. The van der Waals surface area contributed by atoms with Gasteiger partial charge in [-0.05, 0) is 6.42 Å². The van der Waals surface area contributed by atoms with E-state index in [9.17, 15) is 4.79 Å². The summed E-state index contributed by atoms with van der Waals surface area (Å²) in [5, 5.41) is 20.5. The first-order chi connectivity index (χ1) is 10.7. The Labute approximate surface area is 128 Å². The van der Waals surface area contributed by atoms with Crippen LogP contribution in [0, 0.1) is 0 Å². The molecule has 0 spiro atoms. The summed E-state index contributed by atoms with van der Waals surface area (Å²) >= 11 is 0. The number of aryl methyl sites for hydroxylation is 2. The fraction of sp³-hybridized carbons (Fsp3) is 0.533. The topological polar surface area (TPSA) is 87.0 Å². The van der Waals surface area contributed by atoms with Gasteiger partial charge in [0.05, 0.1) is 24.9 Å². The van der Waals surface area contributed by atoms with Crippen molar-refractivity contribution in [3.05, 3.63) is 34.9 Å². The Morgan fingerprint density at radius 3 is 3.14 bits per heavy atom. The summed E-state index contributed by atoms with van der Waals surface area (Å²) in [6.45, 7) is 5.29. The molecule has 3 rings (SSSR count). The van der Waals surface area contributed by atoms with Crippen LogP contribution in [0.1, 0.15) is 35.9 Å². The number of nitrogens with one attached hydrogen (secondary N) is 1. The maximum absolute atomic E-state index is 10.6. The van der Waals surface area contributed by atoms with E-state index in [0.717, 1.165) is 43.7 Å². The molecule has 0 amide bonds. The van der Waals surface area contributed by atoms with Crippen molar-refractivity contribution in [1.29, 1.82) is 0 Å². The van der Waals surface area contributed by atoms with E-state index in [0.29, 0.717) is 6.54 Å². The third-order valence-electron chi connectivity index (χ3n) is 4.08. The van der Waals surface area contributed by atoms with E-state index < -0.39 is 5.97 Å². The first kappa shape index (κ1) is 14.8. The number of carboxylic acids is 1. The van der Waals surface area contributed by atoms with Crippen molar-refractivity contribution in [2.45, 2.75) is 45.8 Å². The molecule has 3 heterocycles. The van der Waals surface area contributed by atoms with Crippen molar-refractivity contribution in [3.8, 4) is 0 Å². The van der Waals surface area contributed by atoms with Gasteiger partial charge in [0.1, 0.15) is 0 Å². The highest BCUT2D eigenvalue weighted by atomic mass is 16.4. The largest absolute Gasteiger partial charge is 0.481 e. The number of H-pyrrole nitrogens is 1. The van der Waals surface area contributed by atoms with Gasteiger partial charge in [0.2, 0.25) is 0 Å². The fourth-order valence-electron chi connectivity index (χ4n) is 2.92. The van der Waals surface area contributed by atoms with Crippen molar-refractivity contribution in [3.63, 3.8) is 0 Å². The first-order valence-electron chi connectivity index (χ1n) is 7.66. The molecule has 0 aromatic carbocycles. The summed E-state index contributed by atoms with van der Waals surface area (Å²) in [5.74, 6) is -0.798. The van der Waals surface area contributed by atoms with Gasteiger partial charge in [-0.1, -0.05) is 6.92 Å². The third kappa shape index (κ3) is 3.19. The number of aromatic nitrogens is 4. The monoisotopic (exact) mass is 303 g/mol. The second kappa shape index (κ2) is 6.31. The Bertz CT molecular complexity index is 647. The highest BCUT2D eigenvalue weighted by Gasteiger charge is 2.21. The van der Waals surface area contributed by atoms with Gasteiger partial charge in [0.25, 0.3) is 0 Å². The maximum atomic E-state index is 10.6. The van der Waals surface area contributed by atoms with Gasteiger partial charge in [-0.3, -0.25) is 19.5 Å². The quantitative estimate of drug-likeness (QED) is 0.837. The fourth-order valence-corrected chi connectivity index (χ4v) is 2.92. The normalized spacial score (nSPS) is 15.0. The van der Waals surface area contributed by atoms with Crippen molar-refractivity contribution in [1.82, 2.24) is 24.9 Å². The summed E-state index contributed by atoms with van der Waals surface area (Å²) in [7, 11) is 0. The minimum absolute atomic E-state index is 0.100. The summed E-state index contributed by atoms with van der Waals surface area (Å²) in [6, 6.07) is 0. The molecule has 1 aliphatic rings. The number of fused-ring (bicyclic) bond motifs is 1. The van der Waals surface area contributed by atoms with Gasteiger partial charge in [-0.15, -0.1) is 0 Å². The van der Waals surface area contributed by atoms with E-state index in [1.54, 1.807) is 4.68 Å². The molecule has 0 bridgehead atoms. The van der Waals surface area contributed by atoms with Gasteiger partial charge < -0.3 is 5.11 Å². The molecule has 2 N–H and O–H groups in total. The standard InChI is InChI=1S/C15H21N5O2/c1-2-13-12-10-19(5-3-14(12)18-17-13)8-11-7-16-20(9-11)6-4-15(21)22/h7,9H,2-6,8,10H2,1H3,(H,17,18)(H,21,22). The third-order valence-corrected chi connectivity index (χ3v) is 4.08. The summed E-state index contributed by atoms with van der Waals surface area (Å²) in [5.41, 5.74) is 4.89. The summed E-state index contributed by atoms with van der Waals surface area (Å²) in [4.78, 5) is 13.0. The SMILES string of the molecule is CCc1n[nH]c2c1CN(Cc1cnn(CCC(=O)O)c1)CC2. The van der Waals surface area contributed by atoms with E-state index in [-0.39, 0.29) is 6.42 Å². The van der Waals surface area contributed by atoms with Gasteiger partial charge >= 0.3 is 5.97 Å². The smallest absolute Gasteiger partial charge is 0.305 e. The molecular formula is C15H21N5O2. The number of carbonyl (C=O) groups is 1. The molecule has 0 saturated carbocycles. The van der Waals surface area contributed by atoms with E-state index in [4.69, 9.17) is 5.11 Å². The highest BCUT2D eigenvalue weighted by molar-refractivity contribution is 5.66. The molecule has 0 atom stereocenters. The van der Waals surface area contributed by atoms with Crippen LogP contribution < -0.4 is 0 Å². The number of hydrogen-bond acceptors (Lipinski definition) is 4. The number of aromatic amines is 1. The Balaban J connectivity index is 1.61. The minimum Gasteiger partial charge on any atom is -0.481 e. The number of nitrogens with zero attached hydrogens (tertiary/aromatic N) is 4. The molecule has 0 saturated heterocycles. The van der Waals surface area contributed by atoms with Crippen LogP contribution >= 0.6 is 0 Å². The van der Waals surface area contributed by atoms with E-state index in [1.165, 1.54) is 11.3 Å². The maximum Gasteiger partial charge on any atom is 0.305 e. The molecule has 2 aromatic rings. The lowest BCUT2D eigenvalue weighted by Crippen LogP contribution is -2.30. The van der Waals surface area contributed by atoms with Crippen molar-refractivity contribution in [2.24, 2.45) is 0 Å². The van der Waals surface area contributed by atoms with E-state index in [2.05, 4.69) is 27.1 Å². The highest BCUT2D eigenvalue weighted by Crippen LogP contribution is 2.22. The molecule has 7 heteroatoms. The zero-order valence-corrected chi connectivity index (χ0v) is 12.7. The predicted molar refractivity (Wildman–Crippen MR) is 80.3 cm³/mol.